The Balaban J connectivity index is 2.22. The Morgan fingerprint density at radius 3 is 2.35 bits per heavy atom. The molecule has 122 valence electrons. The molecule has 0 radical (unpaired) electrons. The highest BCUT2D eigenvalue weighted by atomic mass is 19.1. The van der Waals surface area contributed by atoms with Gasteiger partial charge in [-0.1, -0.05) is 0 Å². The summed E-state index contributed by atoms with van der Waals surface area (Å²) in [4.78, 5) is 24.3. The van der Waals surface area contributed by atoms with E-state index in [9.17, 15) is 14.0 Å². The van der Waals surface area contributed by atoms with Gasteiger partial charge in [0.15, 0.2) is 6.61 Å². The van der Waals surface area contributed by atoms with Gasteiger partial charge in [0.25, 0.3) is 0 Å². The molecule has 0 saturated carbocycles. The van der Waals surface area contributed by atoms with Crippen molar-refractivity contribution in [3.63, 3.8) is 0 Å². The number of nitrogens with zero attached hydrogens (tertiary/aromatic N) is 1. The second kappa shape index (κ2) is 6.64. The smallest absolute Gasteiger partial charge is 0.354 e. The van der Waals surface area contributed by atoms with Crippen LogP contribution in [-0.2, 0) is 11.8 Å². The molecule has 1 aromatic heterocycles. The number of benzene rings is 1. The van der Waals surface area contributed by atoms with Gasteiger partial charge >= 0.3 is 5.97 Å². The third-order valence-corrected chi connectivity index (χ3v) is 3.77. The summed E-state index contributed by atoms with van der Waals surface area (Å²) in [5.74, 6) is -0.720. The second-order valence-electron chi connectivity index (χ2n) is 5.15. The fraction of sp³-hybridized carbons (Fsp3) is 0.294. The number of methoxy groups -OCH3 is 1. The van der Waals surface area contributed by atoms with Crippen molar-refractivity contribution in [3.05, 3.63) is 52.6 Å². The minimum atomic E-state index is -0.494. The van der Waals surface area contributed by atoms with Crippen LogP contribution in [0.25, 0.3) is 0 Å². The minimum absolute atomic E-state index is 0.196. The number of halogens is 1. The molecule has 2 aromatic rings. The maximum Gasteiger partial charge on any atom is 0.354 e. The van der Waals surface area contributed by atoms with Crippen molar-refractivity contribution in [1.82, 2.24) is 4.57 Å². The molecule has 0 N–H and O–H groups in total. The molecule has 0 fully saturated rings. The maximum absolute atomic E-state index is 12.8. The largest absolute Gasteiger partial charge is 0.485 e. The molecule has 1 aromatic carbocycles. The first-order valence-corrected chi connectivity index (χ1v) is 7.02. The maximum atomic E-state index is 12.8. The summed E-state index contributed by atoms with van der Waals surface area (Å²) in [6.45, 7) is 3.26. The number of ketones is 1. The van der Waals surface area contributed by atoms with E-state index < -0.39 is 5.97 Å². The fourth-order valence-electron chi connectivity index (χ4n) is 2.53. The summed E-state index contributed by atoms with van der Waals surface area (Å²) in [6, 6.07) is 5.42. The predicted octanol–water partition coefficient (Wildman–Crippen LogP) is 2.83. The molecule has 2 rings (SSSR count). The summed E-state index contributed by atoms with van der Waals surface area (Å²) in [7, 11) is 3.00. The van der Waals surface area contributed by atoms with Crippen LogP contribution in [0.2, 0.25) is 0 Å². The lowest BCUT2D eigenvalue weighted by molar-refractivity contribution is 0.0588. The number of carbonyl (C=O) groups is 2. The van der Waals surface area contributed by atoms with Crippen LogP contribution in [0.5, 0.6) is 5.75 Å². The zero-order chi connectivity index (χ0) is 17.1. The van der Waals surface area contributed by atoms with E-state index in [1.165, 1.54) is 31.4 Å². The summed E-state index contributed by atoms with van der Waals surface area (Å²) >= 11 is 0. The zero-order valence-corrected chi connectivity index (χ0v) is 13.5. The Kier molecular flexibility index (Phi) is 4.83. The normalized spacial score (nSPS) is 10.5. The summed E-state index contributed by atoms with van der Waals surface area (Å²) < 4.78 is 24.6. The van der Waals surface area contributed by atoms with Crippen LogP contribution in [0, 0.1) is 19.7 Å². The molecular formula is C17H18FNO4. The van der Waals surface area contributed by atoms with Crippen molar-refractivity contribution in [2.75, 3.05) is 13.7 Å². The van der Waals surface area contributed by atoms with Gasteiger partial charge in [-0.3, -0.25) is 4.79 Å². The van der Waals surface area contributed by atoms with Gasteiger partial charge in [0.2, 0.25) is 5.78 Å². The third kappa shape index (κ3) is 3.26. The lowest BCUT2D eigenvalue weighted by Gasteiger charge is -2.06. The van der Waals surface area contributed by atoms with Crippen LogP contribution < -0.4 is 4.74 Å². The zero-order valence-electron chi connectivity index (χ0n) is 13.5. The highest BCUT2D eigenvalue weighted by Gasteiger charge is 2.25. The SMILES string of the molecule is COC(=O)c1c(C)c(C(=O)COc2ccc(F)cc2)c(C)n1C. The van der Waals surface area contributed by atoms with Crippen LogP contribution in [0.4, 0.5) is 4.39 Å². The number of ether oxygens (including phenoxy) is 2. The van der Waals surface area contributed by atoms with Gasteiger partial charge in [0.1, 0.15) is 17.3 Å². The van der Waals surface area contributed by atoms with Crippen LogP contribution >= 0.6 is 0 Å². The van der Waals surface area contributed by atoms with Gasteiger partial charge in [-0.05, 0) is 43.7 Å². The molecule has 0 unspecified atom stereocenters. The van der Waals surface area contributed by atoms with E-state index in [2.05, 4.69) is 0 Å². The molecular weight excluding hydrogens is 301 g/mol. The molecule has 0 saturated heterocycles. The number of carbonyl (C=O) groups excluding carboxylic acids is 2. The Hall–Kier alpha value is -2.63. The van der Waals surface area contributed by atoms with Crippen LogP contribution in [-0.4, -0.2) is 30.0 Å². The number of rotatable bonds is 5. The number of Topliss-reactive ketones (excluding diaryl/α,β-unsaturated/α-hetero) is 1. The van der Waals surface area contributed by atoms with E-state index in [-0.39, 0.29) is 18.2 Å². The van der Waals surface area contributed by atoms with Gasteiger partial charge in [0.05, 0.1) is 7.11 Å². The molecule has 0 bridgehead atoms. The number of aromatic nitrogens is 1. The summed E-state index contributed by atoms with van der Waals surface area (Å²) in [6.07, 6.45) is 0. The highest BCUT2D eigenvalue weighted by Crippen LogP contribution is 2.23. The van der Waals surface area contributed by atoms with Crippen molar-refractivity contribution in [3.8, 4) is 5.75 Å². The second-order valence-corrected chi connectivity index (χ2v) is 5.15. The number of hydrogen-bond acceptors (Lipinski definition) is 4. The quantitative estimate of drug-likeness (QED) is 0.628. The Morgan fingerprint density at radius 1 is 1.17 bits per heavy atom. The van der Waals surface area contributed by atoms with E-state index in [0.29, 0.717) is 28.3 Å². The first-order valence-electron chi connectivity index (χ1n) is 7.02. The predicted molar refractivity (Wildman–Crippen MR) is 82.5 cm³/mol. The van der Waals surface area contributed by atoms with E-state index in [4.69, 9.17) is 9.47 Å². The average molecular weight is 319 g/mol. The first-order chi connectivity index (χ1) is 10.9. The topological polar surface area (TPSA) is 57.5 Å². The standard InChI is InChI=1S/C17H18FNO4/c1-10-15(11(2)19(3)16(10)17(21)22-4)14(20)9-23-13-7-5-12(18)6-8-13/h5-8H,9H2,1-4H3. The molecule has 1 heterocycles. The third-order valence-electron chi connectivity index (χ3n) is 3.77. The molecule has 23 heavy (non-hydrogen) atoms. The molecule has 0 amide bonds. The summed E-state index contributed by atoms with van der Waals surface area (Å²) in [5, 5.41) is 0. The Bertz CT molecular complexity index is 747. The fourth-order valence-corrected chi connectivity index (χ4v) is 2.53. The molecule has 0 aliphatic rings. The van der Waals surface area contributed by atoms with Crippen molar-refractivity contribution in [2.45, 2.75) is 13.8 Å². The van der Waals surface area contributed by atoms with Crippen molar-refractivity contribution < 1.29 is 23.5 Å². The number of hydrogen-bond donors (Lipinski definition) is 0. The Morgan fingerprint density at radius 2 is 1.78 bits per heavy atom. The summed E-state index contributed by atoms with van der Waals surface area (Å²) in [5.41, 5.74) is 2.00. The van der Waals surface area contributed by atoms with Crippen LogP contribution in [0.1, 0.15) is 32.1 Å². The van der Waals surface area contributed by atoms with Gasteiger partial charge in [0, 0.05) is 18.3 Å². The van der Waals surface area contributed by atoms with Crippen LogP contribution in [0.15, 0.2) is 24.3 Å². The lowest BCUT2D eigenvalue weighted by Crippen LogP contribution is -2.13. The monoisotopic (exact) mass is 319 g/mol. The number of esters is 1. The van der Waals surface area contributed by atoms with Crippen molar-refractivity contribution in [1.29, 1.82) is 0 Å². The highest BCUT2D eigenvalue weighted by molar-refractivity contribution is 6.03. The molecule has 0 aliphatic carbocycles. The van der Waals surface area contributed by atoms with Gasteiger partial charge in [-0.25, -0.2) is 9.18 Å². The van der Waals surface area contributed by atoms with Crippen molar-refractivity contribution in [2.24, 2.45) is 7.05 Å². The van der Waals surface area contributed by atoms with E-state index in [0.717, 1.165) is 0 Å². The first kappa shape index (κ1) is 16.7. The van der Waals surface area contributed by atoms with E-state index in [1.54, 1.807) is 25.5 Å². The van der Waals surface area contributed by atoms with E-state index >= 15 is 0 Å². The molecule has 5 nitrogen and oxygen atoms in total. The van der Waals surface area contributed by atoms with E-state index in [1.807, 2.05) is 0 Å². The lowest BCUT2D eigenvalue weighted by atomic mass is 10.1. The van der Waals surface area contributed by atoms with Gasteiger partial charge in [-0.15, -0.1) is 0 Å². The molecule has 6 heteroatoms. The average Bonchev–Trinajstić information content (AvgIpc) is 2.75. The Labute approximate surface area is 133 Å². The minimum Gasteiger partial charge on any atom is -0.485 e. The molecule has 0 spiro atoms. The van der Waals surface area contributed by atoms with Crippen LogP contribution in [0.3, 0.4) is 0 Å². The van der Waals surface area contributed by atoms with Crippen molar-refractivity contribution >= 4 is 11.8 Å². The van der Waals surface area contributed by atoms with Gasteiger partial charge in [-0.2, -0.15) is 0 Å². The van der Waals surface area contributed by atoms with Gasteiger partial charge < -0.3 is 14.0 Å². The molecule has 0 atom stereocenters. The molecule has 0 aliphatic heterocycles.